The molecule has 6 aromatic rings. The van der Waals surface area contributed by atoms with Gasteiger partial charge in [0.1, 0.15) is 41.2 Å². The normalized spacial score (nSPS) is 10.8. The van der Waals surface area contributed by atoms with Crippen LogP contribution in [0.15, 0.2) is 109 Å². The lowest BCUT2D eigenvalue weighted by Gasteiger charge is -2.12. The molecular weight excluding hydrogens is 603 g/mol. The molecule has 228 valence electrons. The number of benzene rings is 6. The van der Waals surface area contributed by atoms with Crippen LogP contribution in [0.25, 0.3) is 44.5 Å². The van der Waals surface area contributed by atoms with Crippen molar-refractivity contribution in [2.45, 2.75) is 13.3 Å². The van der Waals surface area contributed by atoms with Gasteiger partial charge in [-0.15, -0.1) is 0 Å². The highest BCUT2D eigenvalue weighted by Gasteiger charge is 2.17. The van der Waals surface area contributed by atoms with Gasteiger partial charge in [0.15, 0.2) is 0 Å². The second-order valence-electron chi connectivity index (χ2n) is 11.1. The Morgan fingerprint density at radius 2 is 0.787 bits per heavy atom. The summed E-state index contributed by atoms with van der Waals surface area (Å²) in [4.78, 5) is 0. The van der Waals surface area contributed by atoms with E-state index in [1.54, 1.807) is 31.2 Å². The van der Waals surface area contributed by atoms with Crippen LogP contribution in [0.1, 0.15) is 27.8 Å². The summed E-state index contributed by atoms with van der Waals surface area (Å²) >= 11 is 0. The van der Waals surface area contributed by atoms with Gasteiger partial charge in [-0.1, -0.05) is 66.7 Å². The van der Waals surface area contributed by atoms with E-state index in [2.05, 4.69) is 0 Å². The maximum atomic E-state index is 15.2. The third kappa shape index (κ3) is 6.25. The van der Waals surface area contributed by atoms with E-state index in [4.69, 9.17) is 10.5 Å². The lowest BCUT2D eigenvalue weighted by atomic mass is 9.93. The Morgan fingerprint density at radius 3 is 1.19 bits per heavy atom. The van der Waals surface area contributed by atoms with Crippen molar-refractivity contribution < 1.29 is 22.0 Å². The standard InChI is InChI=1S/C40H23F5N2/c1-23-14-32(18-36(43)39(23)28-10-12-30(21-46)34(41)16-28)26-6-2-24(3-7-26)15-25-4-8-27(9-5-25)33-19-37(44)40(38(45)20-33)29-11-13-31(22-47)35(42)17-29/h2-14,16-20H,15H2,1H3. The molecule has 7 heteroatoms. The SMILES string of the molecule is Cc1cc(-c2ccc(Cc3ccc(-c4cc(F)c(-c5ccc(C#N)c(F)c5)c(F)c4)cc3)cc2)cc(F)c1-c1ccc(C#N)c(F)c1. The molecule has 0 aliphatic rings. The van der Waals surface area contributed by atoms with E-state index >= 15 is 13.2 Å². The fraction of sp³-hybridized carbons (Fsp3) is 0.0500. The fourth-order valence-corrected chi connectivity index (χ4v) is 5.68. The first-order valence-corrected chi connectivity index (χ1v) is 14.5. The highest BCUT2D eigenvalue weighted by Crippen LogP contribution is 2.34. The zero-order chi connectivity index (χ0) is 33.2. The van der Waals surface area contributed by atoms with Crippen molar-refractivity contribution in [1.29, 1.82) is 10.5 Å². The topological polar surface area (TPSA) is 47.6 Å². The molecular formula is C40H23F5N2. The van der Waals surface area contributed by atoms with Gasteiger partial charge in [0, 0.05) is 5.56 Å². The van der Waals surface area contributed by atoms with E-state index in [9.17, 15) is 8.78 Å². The van der Waals surface area contributed by atoms with E-state index in [-0.39, 0.29) is 27.8 Å². The maximum absolute atomic E-state index is 15.2. The first-order valence-electron chi connectivity index (χ1n) is 14.5. The molecule has 47 heavy (non-hydrogen) atoms. The molecule has 0 N–H and O–H groups in total. The second-order valence-corrected chi connectivity index (χ2v) is 11.1. The van der Waals surface area contributed by atoms with Crippen molar-refractivity contribution in [2.75, 3.05) is 0 Å². The van der Waals surface area contributed by atoms with Crippen molar-refractivity contribution in [2.24, 2.45) is 0 Å². The van der Waals surface area contributed by atoms with Crippen LogP contribution in [0.2, 0.25) is 0 Å². The van der Waals surface area contributed by atoms with Crippen molar-refractivity contribution in [3.8, 4) is 56.6 Å². The Hall–Kier alpha value is -6.05. The summed E-state index contributed by atoms with van der Waals surface area (Å²) in [5.74, 6) is -3.74. The average Bonchev–Trinajstić information content (AvgIpc) is 3.05. The van der Waals surface area contributed by atoms with Crippen LogP contribution in [0.4, 0.5) is 22.0 Å². The minimum Gasteiger partial charge on any atom is -0.206 e. The summed E-state index contributed by atoms with van der Waals surface area (Å²) in [7, 11) is 0. The van der Waals surface area contributed by atoms with Gasteiger partial charge in [-0.3, -0.25) is 0 Å². The molecule has 0 fully saturated rings. The van der Waals surface area contributed by atoms with Gasteiger partial charge in [-0.05, 0) is 106 Å². The zero-order valence-corrected chi connectivity index (χ0v) is 24.9. The van der Waals surface area contributed by atoms with Crippen LogP contribution in [0, 0.1) is 58.7 Å². The molecule has 2 nitrogen and oxygen atoms in total. The van der Waals surface area contributed by atoms with Crippen LogP contribution < -0.4 is 0 Å². The second kappa shape index (κ2) is 12.7. The zero-order valence-electron chi connectivity index (χ0n) is 24.9. The Balaban J connectivity index is 1.17. The van der Waals surface area contributed by atoms with Crippen molar-refractivity contribution >= 4 is 0 Å². The highest BCUT2D eigenvalue weighted by molar-refractivity contribution is 5.75. The molecule has 0 aliphatic heterocycles. The van der Waals surface area contributed by atoms with E-state index in [1.807, 2.05) is 42.5 Å². The molecule has 0 aliphatic carbocycles. The Labute approximate surface area is 268 Å². The monoisotopic (exact) mass is 626 g/mol. The van der Waals surface area contributed by atoms with Gasteiger partial charge in [0.05, 0.1) is 16.7 Å². The van der Waals surface area contributed by atoms with Gasteiger partial charge >= 0.3 is 0 Å². The molecule has 6 aromatic carbocycles. The average molecular weight is 627 g/mol. The van der Waals surface area contributed by atoms with Crippen LogP contribution in [-0.4, -0.2) is 0 Å². The van der Waals surface area contributed by atoms with Crippen molar-refractivity contribution in [1.82, 2.24) is 0 Å². The molecule has 6 rings (SSSR count). The molecule has 0 spiro atoms. The summed E-state index contributed by atoms with van der Waals surface area (Å²) in [6.45, 7) is 1.75. The Kier molecular flexibility index (Phi) is 8.40. The maximum Gasteiger partial charge on any atom is 0.141 e. The first-order chi connectivity index (χ1) is 22.6. The number of rotatable bonds is 6. The third-order valence-corrected chi connectivity index (χ3v) is 8.07. The summed E-state index contributed by atoms with van der Waals surface area (Å²) in [5.41, 5.74) is 4.96. The minimum atomic E-state index is -0.851. The molecule has 0 heterocycles. The minimum absolute atomic E-state index is 0.00138. The molecule has 0 radical (unpaired) electrons. The lowest BCUT2D eigenvalue weighted by molar-refractivity contribution is 0.589. The molecule has 0 unspecified atom stereocenters. The molecule has 0 saturated heterocycles. The first kappa shape index (κ1) is 31.0. The predicted molar refractivity (Wildman–Crippen MR) is 171 cm³/mol. The van der Waals surface area contributed by atoms with Gasteiger partial charge < -0.3 is 0 Å². The van der Waals surface area contributed by atoms with Gasteiger partial charge in [0.25, 0.3) is 0 Å². The number of aryl methyl sites for hydroxylation is 1. The van der Waals surface area contributed by atoms with E-state index in [0.29, 0.717) is 34.2 Å². The third-order valence-electron chi connectivity index (χ3n) is 8.07. The summed E-state index contributed by atoms with van der Waals surface area (Å²) in [6.07, 6.45) is 0.586. The van der Waals surface area contributed by atoms with Gasteiger partial charge in [-0.2, -0.15) is 10.5 Å². The number of halogens is 5. The van der Waals surface area contributed by atoms with Crippen molar-refractivity contribution in [3.63, 3.8) is 0 Å². The molecule has 0 bridgehead atoms. The molecule has 0 amide bonds. The van der Waals surface area contributed by atoms with E-state index < -0.39 is 29.1 Å². The van der Waals surface area contributed by atoms with Gasteiger partial charge in [0.2, 0.25) is 0 Å². The number of nitrogens with zero attached hydrogens (tertiary/aromatic N) is 2. The fourth-order valence-electron chi connectivity index (χ4n) is 5.68. The Bertz CT molecular complexity index is 2040. The molecule has 0 aromatic heterocycles. The van der Waals surface area contributed by atoms with Crippen LogP contribution in [-0.2, 0) is 6.42 Å². The number of nitriles is 2. The van der Waals surface area contributed by atoms with Crippen molar-refractivity contribution in [3.05, 3.63) is 166 Å². The smallest absolute Gasteiger partial charge is 0.141 e. The van der Waals surface area contributed by atoms with Gasteiger partial charge in [-0.25, -0.2) is 22.0 Å². The van der Waals surface area contributed by atoms with Crippen LogP contribution >= 0.6 is 0 Å². The quantitative estimate of drug-likeness (QED) is 0.173. The van der Waals surface area contributed by atoms with Crippen LogP contribution in [0.5, 0.6) is 0 Å². The number of hydrogen-bond donors (Lipinski definition) is 0. The van der Waals surface area contributed by atoms with E-state index in [0.717, 1.165) is 22.8 Å². The lowest BCUT2D eigenvalue weighted by Crippen LogP contribution is -1.95. The summed E-state index contributed by atoms with van der Waals surface area (Å²) < 4.78 is 73.5. The number of hydrogen-bond acceptors (Lipinski definition) is 2. The molecule has 0 atom stereocenters. The predicted octanol–water partition coefficient (Wildman–Crippen LogP) is 10.7. The van der Waals surface area contributed by atoms with E-state index in [1.165, 1.54) is 48.5 Å². The largest absolute Gasteiger partial charge is 0.206 e. The highest BCUT2D eigenvalue weighted by atomic mass is 19.1. The molecule has 0 saturated carbocycles. The van der Waals surface area contributed by atoms with Crippen LogP contribution in [0.3, 0.4) is 0 Å². The Morgan fingerprint density at radius 1 is 0.426 bits per heavy atom. The summed E-state index contributed by atoms with van der Waals surface area (Å²) in [6, 6.07) is 31.5. The summed E-state index contributed by atoms with van der Waals surface area (Å²) in [5, 5.41) is 17.9.